The van der Waals surface area contributed by atoms with Crippen LogP contribution >= 0.6 is 0 Å². The highest BCUT2D eigenvalue weighted by molar-refractivity contribution is 5.98. The molecule has 0 aliphatic carbocycles. The van der Waals surface area contributed by atoms with Crippen LogP contribution in [0.3, 0.4) is 0 Å². The number of amides is 1. The summed E-state index contributed by atoms with van der Waals surface area (Å²) in [6.45, 7) is 4.79. The topological polar surface area (TPSA) is 176 Å². The van der Waals surface area contributed by atoms with Crippen molar-refractivity contribution in [2.75, 3.05) is 18.9 Å². The lowest BCUT2D eigenvalue weighted by atomic mass is 10.1. The Morgan fingerprint density at radius 1 is 1.19 bits per heavy atom. The van der Waals surface area contributed by atoms with Gasteiger partial charge in [-0.25, -0.2) is 10.1 Å². The van der Waals surface area contributed by atoms with Crippen molar-refractivity contribution in [3.8, 4) is 34.3 Å². The van der Waals surface area contributed by atoms with Gasteiger partial charge in [0.1, 0.15) is 11.4 Å². The Bertz CT molecular complexity index is 1360. The lowest BCUT2D eigenvalue weighted by Crippen LogP contribution is -2.19. The quantitative estimate of drug-likeness (QED) is 0.220. The number of nitrogens with one attached hydrogen (secondary N) is 1. The van der Waals surface area contributed by atoms with E-state index >= 15 is 0 Å². The van der Waals surface area contributed by atoms with E-state index in [0.717, 1.165) is 6.42 Å². The van der Waals surface area contributed by atoms with E-state index < -0.39 is 5.91 Å². The van der Waals surface area contributed by atoms with Crippen LogP contribution in [0.5, 0.6) is 17.2 Å². The number of carbonyl (C=O) groups excluding carboxylic acids is 1. The van der Waals surface area contributed by atoms with E-state index in [4.69, 9.17) is 15.2 Å². The summed E-state index contributed by atoms with van der Waals surface area (Å²) in [5.74, 6) is 0.427. The number of phenols is 1. The number of anilines is 1. The maximum atomic E-state index is 13.0. The molecule has 13 heteroatoms. The van der Waals surface area contributed by atoms with Crippen molar-refractivity contribution in [1.29, 1.82) is 0 Å². The summed E-state index contributed by atoms with van der Waals surface area (Å²) in [6, 6.07) is 11.8. The summed E-state index contributed by atoms with van der Waals surface area (Å²) < 4.78 is 16.9. The van der Waals surface area contributed by atoms with Crippen molar-refractivity contribution in [1.82, 2.24) is 30.7 Å². The van der Waals surface area contributed by atoms with E-state index in [9.17, 15) is 9.90 Å². The molecule has 0 aliphatic rings. The Hall–Kier alpha value is -4.94. The lowest BCUT2D eigenvalue weighted by Gasteiger charge is -2.08. The fourth-order valence-electron chi connectivity index (χ4n) is 3.21. The Morgan fingerprint density at radius 3 is 2.69 bits per heavy atom. The molecule has 0 unspecified atom stereocenters. The molecule has 0 bridgehead atoms. The third-order valence-electron chi connectivity index (χ3n) is 4.85. The largest absolute Gasteiger partial charge is 0.504 e. The maximum Gasteiger partial charge on any atom is 0.294 e. The highest BCUT2D eigenvalue weighted by Gasteiger charge is 2.25. The van der Waals surface area contributed by atoms with Gasteiger partial charge in [-0.05, 0) is 71.7 Å². The van der Waals surface area contributed by atoms with E-state index in [1.807, 2.05) is 6.92 Å². The molecule has 0 spiro atoms. The number of ether oxygens (including phenoxy) is 2. The minimum Gasteiger partial charge on any atom is -0.504 e. The van der Waals surface area contributed by atoms with E-state index in [1.54, 1.807) is 43.3 Å². The molecule has 4 N–H and O–H groups in total. The van der Waals surface area contributed by atoms with Crippen LogP contribution in [0.25, 0.3) is 17.1 Å². The zero-order chi connectivity index (χ0) is 25.5. The lowest BCUT2D eigenvalue weighted by molar-refractivity contribution is 0.0950. The van der Waals surface area contributed by atoms with Gasteiger partial charge in [0, 0.05) is 5.56 Å². The molecule has 2 heterocycles. The summed E-state index contributed by atoms with van der Waals surface area (Å²) in [6.07, 6.45) is 2.28. The molecule has 186 valence electrons. The van der Waals surface area contributed by atoms with Crippen LogP contribution < -0.4 is 20.6 Å². The Morgan fingerprint density at radius 2 is 2.00 bits per heavy atom. The fourth-order valence-corrected chi connectivity index (χ4v) is 3.21. The van der Waals surface area contributed by atoms with Crippen LogP contribution in [0.1, 0.15) is 36.3 Å². The zero-order valence-electron chi connectivity index (χ0n) is 19.6. The Balaban J connectivity index is 1.62. The van der Waals surface area contributed by atoms with Crippen molar-refractivity contribution in [2.24, 2.45) is 5.10 Å². The molecule has 4 aromatic rings. The highest BCUT2D eigenvalue weighted by Crippen LogP contribution is 2.28. The van der Waals surface area contributed by atoms with Gasteiger partial charge in [-0.3, -0.25) is 4.79 Å². The minimum atomic E-state index is -0.627. The first-order valence-electron chi connectivity index (χ1n) is 11.1. The summed E-state index contributed by atoms with van der Waals surface area (Å²) >= 11 is 0. The molecule has 36 heavy (non-hydrogen) atoms. The molecule has 0 fully saturated rings. The molecule has 2 aromatic carbocycles. The number of benzene rings is 2. The number of rotatable bonds is 10. The first-order valence-corrected chi connectivity index (χ1v) is 11.1. The van der Waals surface area contributed by atoms with Gasteiger partial charge in [0.15, 0.2) is 17.2 Å². The zero-order valence-corrected chi connectivity index (χ0v) is 19.6. The average Bonchev–Trinajstić information content (AvgIpc) is 3.51. The average molecular weight is 492 g/mol. The second-order valence-electron chi connectivity index (χ2n) is 7.40. The van der Waals surface area contributed by atoms with Crippen LogP contribution in [0.15, 0.2) is 52.2 Å². The first kappa shape index (κ1) is 24.2. The van der Waals surface area contributed by atoms with Crippen LogP contribution in [-0.2, 0) is 0 Å². The van der Waals surface area contributed by atoms with Gasteiger partial charge in [-0.15, -0.1) is 5.10 Å². The summed E-state index contributed by atoms with van der Waals surface area (Å²) in [5.41, 5.74) is 9.75. The molecule has 0 saturated heterocycles. The second-order valence-corrected chi connectivity index (χ2v) is 7.40. The molecule has 0 atom stereocenters. The molecular formula is C23H24N8O5. The number of nitrogen functional groups attached to an aromatic ring is 1. The summed E-state index contributed by atoms with van der Waals surface area (Å²) in [7, 11) is 0. The molecule has 4 rings (SSSR count). The van der Waals surface area contributed by atoms with Crippen molar-refractivity contribution < 1.29 is 24.0 Å². The fraction of sp³-hybridized carbons (Fsp3) is 0.217. The van der Waals surface area contributed by atoms with Gasteiger partial charge in [0.25, 0.3) is 5.91 Å². The van der Waals surface area contributed by atoms with Crippen LogP contribution in [0, 0.1) is 0 Å². The number of hydrogen-bond acceptors (Lipinski definition) is 11. The molecule has 2 aromatic heterocycles. The molecule has 0 radical (unpaired) electrons. The van der Waals surface area contributed by atoms with E-state index in [2.05, 4.69) is 35.8 Å². The maximum absolute atomic E-state index is 13.0. The SMILES string of the molecule is CCCOc1ccc(-c2c(C(=O)NN=Cc3ccc(O)c(OCC)c3)nnn2-c2nonc2N)cc1. The molecule has 0 aliphatic heterocycles. The predicted octanol–water partition coefficient (Wildman–Crippen LogP) is 2.56. The van der Waals surface area contributed by atoms with Gasteiger partial charge in [0.2, 0.25) is 11.6 Å². The molecular weight excluding hydrogens is 468 g/mol. The Kier molecular flexibility index (Phi) is 7.39. The standard InChI is InChI=1S/C23H24N8O5/c1-3-11-35-16-8-6-15(7-9-16)20-19(26-30-31(20)22-21(24)28-36-29-22)23(33)27-25-13-14-5-10-17(32)18(12-14)34-4-2/h5-10,12-13,32H,3-4,11H2,1-2H3,(H2,24,28)(H,27,33). The van der Waals surface area contributed by atoms with Crippen LogP contribution in [-0.4, -0.2) is 55.7 Å². The number of nitrogens with zero attached hydrogens (tertiary/aromatic N) is 6. The minimum absolute atomic E-state index is 0.00650. The van der Waals surface area contributed by atoms with Gasteiger partial charge in [-0.1, -0.05) is 12.1 Å². The highest BCUT2D eigenvalue weighted by atomic mass is 16.6. The first-order chi connectivity index (χ1) is 17.5. The van der Waals surface area contributed by atoms with Crippen molar-refractivity contribution in [3.05, 3.63) is 53.7 Å². The normalized spacial score (nSPS) is 11.1. The van der Waals surface area contributed by atoms with Crippen molar-refractivity contribution in [2.45, 2.75) is 20.3 Å². The van der Waals surface area contributed by atoms with Gasteiger partial charge < -0.3 is 20.3 Å². The van der Waals surface area contributed by atoms with Crippen molar-refractivity contribution >= 4 is 17.9 Å². The number of aromatic hydroxyl groups is 1. The third kappa shape index (κ3) is 5.24. The number of hydrogen-bond donors (Lipinski definition) is 3. The number of aromatic nitrogens is 5. The second kappa shape index (κ2) is 11.0. The van der Waals surface area contributed by atoms with Gasteiger partial charge >= 0.3 is 0 Å². The summed E-state index contributed by atoms with van der Waals surface area (Å²) in [5, 5.41) is 29.2. The molecule has 0 saturated carbocycles. The summed E-state index contributed by atoms with van der Waals surface area (Å²) in [4.78, 5) is 13.0. The van der Waals surface area contributed by atoms with E-state index in [0.29, 0.717) is 41.5 Å². The molecule has 1 amide bonds. The smallest absolute Gasteiger partial charge is 0.294 e. The monoisotopic (exact) mass is 492 g/mol. The molecule has 13 nitrogen and oxygen atoms in total. The van der Waals surface area contributed by atoms with E-state index in [-0.39, 0.29) is 23.1 Å². The number of hydrazone groups is 1. The number of carbonyl (C=O) groups is 1. The van der Waals surface area contributed by atoms with E-state index in [1.165, 1.54) is 17.0 Å². The van der Waals surface area contributed by atoms with Crippen LogP contribution in [0.2, 0.25) is 0 Å². The number of nitrogens with two attached hydrogens (primary N) is 1. The van der Waals surface area contributed by atoms with Crippen LogP contribution in [0.4, 0.5) is 5.82 Å². The predicted molar refractivity (Wildman–Crippen MR) is 129 cm³/mol. The van der Waals surface area contributed by atoms with Gasteiger partial charge in [0.05, 0.1) is 19.4 Å². The number of phenolic OH excluding ortho intramolecular Hbond substituents is 1. The third-order valence-corrected chi connectivity index (χ3v) is 4.85. The van der Waals surface area contributed by atoms with Crippen molar-refractivity contribution in [3.63, 3.8) is 0 Å². The Labute approximate surface area is 205 Å². The van der Waals surface area contributed by atoms with Gasteiger partial charge in [-0.2, -0.15) is 9.78 Å².